The maximum Gasteiger partial charge on any atom is 0.307 e. The lowest BCUT2D eigenvalue weighted by atomic mass is 10.00. The molecule has 2 N–H and O–H groups in total. The molecule has 0 aliphatic heterocycles. The van der Waals surface area contributed by atoms with Gasteiger partial charge in [-0.2, -0.15) is 0 Å². The van der Waals surface area contributed by atoms with E-state index in [1.807, 2.05) is 18.2 Å². The van der Waals surface area contributed by atoms with E-state index in [1.165, 1.54) is 17.7 Å². The first-order valence-electron chi connectivity index (χ1n) is 9.17. The van der Waals surface area contributed by atoms with E-state index in [0.717, 1.165) is 18.4 Å². The highest BCUT2D eigenvalue weighted by molar-refractivity contribution is 6.37. The van der Waals surface area contributed by atoms with E-state index in [9.17, 15) is 9.90 Å². The highest BCUT2D eigenvalue weighted by Gasteiger charge is 2.14. The summed E-state index contributed by atoms with van der Waals surface area (Å²) in [5, 5.41) is 19.7. The van der Waals surface area contributed by atoms with Gasteiger partial charge in [0.2, 0.25) is 0 Å². The van der Waals surface area contributed by atoms with E-state index in [4.69, 9.17) is 33.0 Å². The number of rotatable bonds is 7. The highest BCUT2D eigenvalue weighted by Crippen LogP contribution is 2.40. The topological polar surface area (TPSA) is 66.8 Å². The Balaban J connectivity index is 1.93. The third-order valence-electron chi connectivity index (χ3n) is 4.38. The van der Waals surface area contributed by atoms with Crippen LogP contribution in [-0.4, -0.2) is 16.2 Å². The van der Waals surface area contributed by atoms with Crippen LogP contribution in [0.25, 0.3) is 11.1 Å². The molecule has 0 heterocycles. The smallest absolute Gasteiger partial charge is 0.307 e. The molecule has 4 nitrogen and oxygen atoms in total. The molecule has 0 fully saturated rings. The number of carboxylic acids is 1. The van der Waals surface area contributed by atoms with Gasteiger partial charge >= 0.3 is 5.97 Å². The van der Waals surface area contributed by atoms with Crippen LogP contribution < -0.4 is 4.74 Å². The van der Waals surface area contributed by atoms with Gasteiger partial charge in [-0.3, -0.25) is 4.79 Å². The van der Waals surface area contributed by atoms with Crippen molar-refractivity contribution >= 4 is 29.2 Å². The van der Waals surface area contributed by atoms with Crippen LogP contribution in [0.5, 0.6) is 17.2 Å². The molecule has 0 unspecified atom stereocenters. The Morgan fingerprint density at radius 3 is 2.38 bits per heavy atom. The van der Waals surface area contributed by atoms with Crippen LogP contribution in [0, 0.1) is 0 Å². The maximum atomic E-state index is 10.9. The van der Waals surface area contributed by atoms with Gasteiger partial charge in [-0.25, -0.2) is 0 Å². The van der Waals surface area contributed by atoms with E-state index < -0.39 is 5.97 Å². The molecule has 3 rings (SSSR count). The average Bonchev–Trinajstić information content (AvgIpc) is 2.66. The number of ether oxygens (including phenoxy) is 1. The van der Waals surface area contributed by atoms with Crippen molar-refractivity contribution in [3.8, 4) is 28.4 Å². The molecule has 0 spiro atoms. The third kappa shape index (κ3) is 5.22. The molecule has 150 valence electrons. The molecule has 6 heteroatoms. The summed E-state index contributed by atoms with van der Waals surface area (Å²) in [6.45, 7) is 2.12. The lowest BCUT2D eigenvalue weighted by Crippen LogP contribution is -2.00. The van der Waals surface area contributed by atoms with Gasteiger partial charge < -0.3 is 14.9 Å². The monoisotopic (exact) mass is 430 g/mol. The zero-order chi connectivity index (χ0) is 21.0. The van der Waals surface area contributed by atoms with Gasteiger partial charge in [-0.1, -0.05) is 60.8 Å². The van der Waals surface area contributed by atoms with Crippen LogP contribution in [0.1, 0.15) is 24.5 Å². The summed E-state index contributed by atoms with van der Waals surface area (Å²) >= 11 is 12.5. The molecule has 0 bridgehead atoms. The van der Waals surface area contributed by atoms with E-state index >= 15 is 0 Å². The molecule has 3 aromatic rings. The fraction of sp³-hybridized carbons (Fsp3) is 0.174. The number of aromatic hydroxyl groups is 1. The van der Waals surface area contributed by atoms with Crippen molar-refractivity contribution in [2.24, 2.45) is 0 Å². The van der Waals surface area contributed by atoms with Gasteiger partial charge in [-0.05, 0) is 53.4 Å². The Morgan fingerprint density at radius 1 is 1.00 bits per heavy atom. The summed E-state index contributed by atoms with van der Waals surface area (Å²) in [5.74, 6) is -0.147. The van der Waals surface area contributed by atoms with Gasteiger partial charge in [0.05, 0.1) is 16.5 Å². The van der Waals surface area contributed by atoms with Crippen LogP contribution in [0.2, 0.25) is 10.0 Å². The second kappa shape index (κ2) is 9.21. The Morgan fingerprint density at radius 2 is 1.72 bits per heavy atom. The van der Waals surface area contributed by atoms with Crippen molar-refractivity contribution in [3.63, 3.8) is 0 Å². The molecule has 0 aromatic heterocycles. The first-order valence-corrected chi connectivity index (χ1v) is 9.93. The van der Waals surface area contributed by atoms with Crippen LogP contribution in [0.3, 0.4) is 0 Å². The molecule has 0 radical (unpaired) electrons. The minimum absolute atomic E-state index is 0.139. The van der Waals surface area contributed by atoms with Gasteiger partial charge in [0.25, 0.3) is 0 Å². The zero-order valence-corrected chi connectivity index (χ0v) is 17.3. The Hall–Kier alpha value is -2.69. The third-order valence-corrected chi connectivity index (χ3v) is 4.94. The molecule has 0 saturated heterocycles. The Labute approximate surface area is 179 Å². The fourth-order valence-corrected chi connectivity index (χ4v) is 3.71. The van der Waals surface area contributed by atoms with Crippen molar-refractivity contribution in [3.05, 3.63) is 75.8 Å². The fourth-order valence-electron chi connectivity index (χ4n) is 3.10. The number of benzene rings is 3. The second-order valence-electron chi connectivity index (χ2n) is 6.69. The molecular weight excluding hydrogens is 411 g/mol. The van der Waals surface area contributed by atoms with Crippen molar-refractivity contribution < 1.29 is 19.7 Å². The van der Waals surface area contributed by atoms with Crippen molar-refractivity contribution in [1.82, 2.24) is 0 Å². The van der Waals surface area contributed by atoms with Crippen molar-refractivity contribution in [1.29, 1.82) is 0 Å². The summed E-state index contributed by atoms with van der Waals surface area (Å²) in [4.78, 5) is 10.9. The molecule has 0 aliphatic carbocycles. The summed E-state index contributed by atoms with van der Waals surface area (Å²) in [7, 11) is 0. The molecule has 29 heavy (non-hydrogen) atoms. The predicted molar refractivity (Wildman–Crippen MR) is 115 cm³/mol. The van der Waals surface area contributed by atoms with Gasteiger partial charge in [0.1, 0.15) is 11.5 Å². The predicted octanol–water partition coefficient (Wildman–Crippen LogP) is 6.74. The van der Waals surface area contributed by atoms with E-state index in [-0.39, 0.29) is 28.0 Å². The first-order chi connectivity index (χ1) is 13.9. The number of carboxylic acid groups (broad SMARTS) is 1. The number of aliphatic carboxylic acids is 1. The normalized spacial score (nSPS) is 10.7. The summed E-state index contributed by atoms with van der Waals surface area (Å²) in [5.41, 5.74) is 3.19. The number of phenolic OH excluding ortho intramolecular Hbond substituents is 1. The number of aryl methyl sites for hydroxylation is 1. The first kappa shape index (κ1) is 21.0. The zero-order valence-electron chi connectivity index (χ0n) is 15.8. The SMILES string of the molecule is CCCc1cccc(-c2cc(Oc3c(Cl)cc(CC(=O)O)cc3Cl)ccc2O)c1. The van der Waals surface area contributed by atoms with Crippen LogP contribution in [-0.2, 0) is 17.6 Å². The van der Waals surface area contributed by atoms with Crippen LogP contribution in [0.15, 0.2) is 54.6 Å². The number of hydrogen-bond donors (Lipinski definition) is 2. The minimum Gasteiger partial charge on any atom is -0.507 e. The summed E-state index contributed by atoms with van der Waals surface area (Å²) < 4.78 is 5.87. The van der Waals surface area contributed by atoms with Gasteiger partial charge in [0.15, 0.2) is 5.75 Å². The van der Waals surface area contributed by atoms with Crippen molar-refractivity contribution in [2.45, 2.75) is 26.2 Å². The average molecular weight is 431 g/mol. The summed E-state index contributed by atoms with van der Waals surface area (Å²) in [6.07, 6.45) is 1.81. The highest BCUT2D eigenvalue weighted by atomic mass is 35.5. The molecule has 3 aromatic carbocycles. The number of halogens is 2. The van der Waals surface area contributed by atoms with E-state index in [1.54, 1.807) is 18.2 Å². The van der Waals surface area contributed by atoms with Crippen LogP contribution in [0.4, 0.5) is 0 Å². The minimum atomic E-state index is -0.973. The quantitative estimate of drug-likeness (QED) is 0.435. The maximum absolute atomic E-state index is 10.9. The van der Waals surface area contributed by atoms with Crippen LogP contribution >= 0.6 is 23.2 Å². The Kier molecular flexibility index (Phi) is 6.68. The van der Waals surface area contributed by atoms with Gasteiger partial charge in [-0.15, -0.1) is 0 Å². The van der Waals surface area contributed by atoms with E-state index in [0.29, 0.717) is 16.9 Å². The molecule has 0 saturated carbocycles. The standard InChI is InChI=1S/C23H20Cl2O4/c1-2-4-14-5-3-6-16(9-14)18-13-17(7-8-21(18)26)29-23-19(24)10-15(11-20(23)25)12-22(27)28/h3,5-11,13,26H,2,4,12H2,1H3,(H,27,28). The van der Waals surface area contributed by atoms with Gasteiger partial charge in [0, 0.05) is 5.56 Å². The van der Waals surface area contributed by atoms with Crippen molar-refractivity contribution in [2.75, 3.05) is 0 Å². The summed E-state index contributed by atoms with van der Waals surface area (Å²) in [6, 6.07) is 15.9. The lowest BCUT2D eigenvalue weighted by molar-refractivity contribution is -0.136. The molecular formula is C23H20Cl2O4. The molecule has 0 aliphatic rings. The molecule has 0 atom stereocenters. The van der Waals surface area contributed by atoms with E-state index in [2.05, 4.69) is 13.0 Å². The number of phenols is 1. The Bertz CT molecular complexity index is 1020. The molecule has 0 amide bonds. The number of carbonyl (C=O) groups is 1. The second-order valence-corrected chi connectivity index (χ2v) is 7.50. The largest absolute Gasteiger partial charge is 0.507 e. The number of hydrogen-bond acceptors (Lipinski definition) is 3. The lowest BCUT2D eigenvalue weighted by Gasteiger charge is -2.13.